The summed E-state index contributed by atoms with van der Waals surface area (Å²) in [7, 11) is 1.64. The molecule has 0 saturated carbocycles. The normalized spacial score (nSPS) is 12.0. The number of aromatic amines is 1. The van der Waals surface area contributed by atoms with Crippen LogP contribution in [0.15, 0.2) is 79.0 Å². The summed E-state index contributed by atoms with van der Waals surface area (Å²) in [5.41, 5.74) is 4.39. The molecule has 3 aromatic carbocycles. The van der Waals surface area contributed by atoms with E-state index in [1.54, 1.807) is 25.3 Å². The second-order valence-electron chi connectivity index (χ2n) is 6.43. The first-order chi connectivity index (χ1) is 13.2. The molecule has 0 radical (unpaired) electrons. The van der Waals surface area contributed by atoms with E-state index in [9.17, 15) is 9.90 Å². The molecule has 1 heterocycles. The van der Waals surface area contributed by atoms with Gasteiger partial charge < -0.3 is 14.8 Å². The zero-order valence-corrected chi connectivity index (χ0v) is 14.8. The fraction of sp³-hybridized carbons (Fsp3) is 0.0870. The molecule has 2 N–H and O–H groups in total. The van der Waals surface area contributed by atoms with Crippen molar-refractivity contribution >= 4 is 16.9 Å². The number of para-hydroxylation sites is 1. The average molecular weight is 357 g/mol. The Morgan fingerprint density at radius 1 is 0.963 bits per heavy atom. The number of hydrogen-bond donors (Lipinski definition) is 2. The van der Waals surface area contributed by atoms with Gasteiger partial charge in [0.25, 0.3) is 0 Å². The predicted molar refractivity (Wildman–Crippen MR) is 106 cm³/mol. The highest BCUT2D eigenvalue weighted by Crippen LogP contribution is 2.37. The molecule has 0 aliphatic carbocycles. The Kier molecular flexibility index (Phi) is 4.38. The number of aromatic carboxylic acids is 1. The molecule has 1 aromatic heterocycles. The maximum Gasteiger partial charge on any atom is 0.335 e. The number of fused-ring (bicyclic) bond motifs is 1. The number of aromatic nitrogens is 1. The largest absolute Gasteiger partial charge is 0.497 e. The number of ether oxygens (including phenoxy) is 1. The third-order valence-corrected chi connectivity index (χ3v) is 4.83. The fourth-order valence-electron chi connectivity index (χ4n) is 3.56. The summed E-state index contributed by atoms with van der Waals surface area (Å²) in [4.78, 5) is 14.8. The molecular weight excluding hydrogens is 338 g/mol. The van der Waals surface area contributed by atoms with E-state index in [0.717, 1.165) is 33.3 Å². The second kappa shape index (κ2) is 7.00. The summed E-state index contributed by atoms with van der Waals surface area (Å²) in [5.74, 6) is -0.276. The summed E-state index contributed by atoms with van der Waals surface area (Å²) >= 11 is 0. The van der Waals surface area contributed by atoms with E-state index in [0.29, 0.717) is 0 Å². The van der Waals surface area contributed by atoms with Crippen LogP contribution in [0.5, 0.6) is 5.75 Å². The lowest BCUT2D eigenvalue weighted by Crippen LogP contribution is -2.05. The van der Waals surface area contributed by atoms with E-state index in [4.69, 9.17) is 4.74 Å². The van der Waals surface area contributed by atoms with Gasteiger partial charge in [-0.15, -0.1) is 0 Å². The van der Waals surface area contributed by atoms with Gasteiger partial charge in [0.05, 0.1) is 12.7 Å². The Morgan fingerprint density at radius 2 is 1.70 bits per heavy atom. The first kappa shape index (κ1) is 16.9. The van der Waals surface area contributed by atoms with Crippen molar-refractivity contribution in [2.24, 2.45) is 0 Å². The van der Waals surface area contributed by atoms with Gasteiger partial charge in [0.15, 0.2) is 0 Å². The van der Waals surface area contributed by atoms with Crippen molar-refractivity contribution in [2.45, 2.75) is 5.92 Å². The van der Waals surface area contributed by atoms with Crippen molar-refractivity contribution in [3.63, 3.8) is 0 Å². The number of carboxylic acids is 1. The van der Waals surface area contributed by atoms with E-state index < -0.39 is 5.97 Å². The maximum absolute atomic E-state index is 11.5. The van der Waals surface area contributed by atoms with Gasteiger partial charge in [-0.05, 0) is 47.0 Å². The Labute approximate surface area is 157 Å². The molecule has 0 aliphatic rings. The molecule has 1 atom stereocenters. The molecule has 4 nitrogen and oxygen atoms in total. The van der Waals surface area contributed by atoms with Gasteiger partial charge in [0.2, 0.25) is 0 Å². The van der Waals surface area contributed by atoms with Crippen molar-refractivity contribution in [1.29, 1.82) is 0 Å². The lowest BCUT2D eigenvalue weighted by Gasteiger charge is -2.19. The molecule has 0 spiro atoms. The van der Waals surface area contributed by atoms with Gasteiger partial charge in [-0.25, -0.2) is 4.79 Å². The topological polar surface area (TPSA) is 62.3 Å². The van der Waals surface area contributed by atoms with Crippen molar-refractivity contribution in [3.05, 3.63) is 101 Å². The number of hydrogen-bond acceptors (Lipinski definition) is 2. The number of methoxy groups -OCH3 is 1. The van der Waals surface area contributed by atoms with Gasteiger partial charge in [0.1, 0.15) is 5.75 Å². The Morgan fingerprint density at radius 3 is 2.48 bits per heavy atom. The SMILES string of the molecule is COc1cccc(C(c2cccc(C(=O)O)c2)c2c[nH]c3ccccc23)c1. The first-order valence-corrected chi connectivity index (χ1v) is 8.70. The van der Waals surface area contributed by atoms with Crippen LogP contribution in [-0.2, 0) is 0 Å². The van der Waals surface area contributed by atoms with Crippen LogP contribution in [0, 0.1) is 0 Å². The molecule has 4 aromatic rings. The molecule has 0 amide bonds. The van der Waals surface area contributed by atoms with Crippen LogP contribution < -0.4 is 4.74 Å². The number of rotatable bonds is 5. The van der Waals surface area contributed by atoms with Crippen molar-refractivity contribution in [1.82, 2.24) is 4.98 Å². The van der Waals surface area contributed by atoms with Crippen LogP contribution in [0.4, 0.5) is 0 Å². The summed E-state index contributed by atoms with van der Waals surface area (Å²) in [6, 6.07) is 23.1. The van der Waals surface area contributed by atoms with Crippen LogP contribution in [-0.4, -0.2) is 23.2 Å². The van der Waals surface area contributed by atoms with Gasteiger partial charge in [-0.3, -0.25) is 0 Å². The fourth-order valence-corrected chi connectivity index (χ4v) is 3.56. The average Bonchev–Trinajstić information content (AvgIpc) is 3.12. The molecule has 1 unspecified atom stereocenters. The standard InChI is InChI=1S/C23H19NO3/c1-27-18-9-5-7-16(13-18)22(15-6-4-8-17(12-15)23(25)26)20-14-24-21-11-3-2-10-19(20)21/h2-14,22,24H,1H3,(H,25,26). The number of carboxylic acid groups (broad SMARTS) is 1. The zero-order chi connectivity index (χ0) is 18.8. The van der Waals surface area contributed by atoms with E-state index in [-0.39, 0.29) is 11.5 Å². The highest BCUT2D eigenvalue weighted by molar-refractivity contribution is 5.88. The van der Waals surface area contributed by atoms with Crippen molar-refractivity contribution < 1.29 is 14.6 Å². The van der Waals surface area contributed by atoms with Crippen molar-refractivity contribution in [3.8, 4) is 5.75 Å². The van der Waals surface area contributed by atoms with Crippen molar-refractivity contribution in [2.75, 3.05) is 7.11 Å². The number of carbonyl (C=O) groups is 1. The lowest BCUT2D eigenvalue weighted by molar-refractivity contribution is 0.0696. The quantitative estimate of drug-likeness (QED) is 0.525. The van der Waals surface area contributed by atoms with Crippen LogP contribution in [0.25, 0.3) is 10.9 Å². The summed E-state index contributed by atoms with van der Waals surface area (Å²) in [5, 5.41) is 10.5. The van der Waals surface area contributed by atoms with Crippen LogP contribution in [0.2, 0.25) is 0 Å². The molecular formula is C23H19NO3. The Hall–Kier alpha value is -3.53. The van der Waals surface area contributed by atoms with Crippen LogP contribution in [0.1, 0.15) is 33.0 Å². The number of benzene rings is 3. The van der Waals surface area contributed by atoms with E-state index in [1.807, 2.05) is 54.7 Å². The first-order valence-electron chi connectivity index (χ1n) is 8.70. The molecule has 0 saturated heterocycles. The van der Waals surface area contributed by atoms with Gasteiger partial charge in [0, 0.05) is 23.0 Å². The smallest absolute Gasteiger partial charge is 0.335 e. The third kappa shape index (κ3) is 3.17. The van der Waals surface area contributed by atoms with E-state index >= 15 is 0 Å². The molecule has 4 rings (SSSR count). The highest BCUT2D eigenvalue weighted by atomic mass is 16.5. The molecule has 134 valence electrons. The van der Waals surface area contributed by atoms with Crippen LogP contribution >= 0.6 is 0 Å². The maximum atomic E-state index is 11.5. The monoisotopic (exact) mass is 357 g/mol. The third-order valence-electron chi connectivity index (χ3n) is 4.83. The summed E-state index contributed by atoms with van der Waals surface area (Å²) in [6.07, 6.45) is 2.00. The predicted octanol–water partition coefficient (Wildman–Crippen LogP) is 5.05. The lowest BCUT2D eigenvalue weighted by atomic mass is 9.84. The molecule has 0 fully saturated rings. The minimum absolute atomic E-state index is 0.115. The van der Waals surface area contributed by atoms with Crippen LogP contribution in [0.3, 0.4) is 0 Å². The van der Waals surface area contributed by atoms with Gasteiger partial charge in [-0.2, -0.15) is 0 Å². The van der Waals surface area contributed by atoms with Gasteiger partial charge >= 0.3 is 5.97 Å². The molecule has 27 heavy (non-hydrogen) atoms. The molecule has 0 bridgehead atoms. The second-order valence-corrected chi connectivity index (χ2v) is 6.43. The molecule has 0 aliphatic heterocycles. The van der Waals surface area contributed by atoms with E-state index in [2.05, 4.69) is 11.1 Å². The number of H-pyrrole nitrogens is 1. The highest BCUT2D eigenvalue weighted by Gasteiger charge is 2.21. The molecule has 4 heteroatoms. The number of nitrogens with one attached hydrogen (secondary N) is 1. The summed E-state index contributed by atoms with van der Waals surface area (Å²) in [6.45, 7) is 0. The summed E-state index contributed by atoms with van der Waals surface area (Å²) < 4.78 is 5.41. The van der Waals surface area contributed by atoms with Gasteiger partial charge in [-0.1, -0.05) is 42.5 Å². The minimum Gasteiger partial charge on any atom is -0.497 e. The Bertz CT molecular complexity index is 1110. The van der Waals surface area contributed by atoms with E-state index in [1.165, 1.54) is 0 Å². The Balaban J connectivity index is 1.95. The minimum atomic E-state index is -0.930. The zero-order valence-electron chi connectivity index (χ0n) is 14.8.